The van der Waals surface area contributed by atoms with Gasteiger partial charge in [-0.3, -0.25) is 9.69 Å². The number of hydrogen-bond donors (Lipinski definition) is 1. The van der Waals surface area contributed by atoms with E-state index in [1.807, 2.05) is 43.3 Å². The highest BCUT2D eigenvalue weighted by molar-refractivity contribution is 5.99. The molecule has 0 spiro atoms. The Morgan fingerprint density at radius 1 is 1.00 bits per heavy atom. The van der Waals surface area contributed by atoms with Crippen molar-refractivity contribution in [2.24, 2.45) is 0 Å². The van der Waals surface area contributed by atoms with Crippen molar-refractivity contribution in [1.82, 2.24) is 15.2 Å². The lowest BCUT2D eigenvalue weighted by atomic mass is 9.95. The molecule has 3 aromatic rings. The molecule has 0 aliphatic carbocycles. The lowest BCUT2D eigenvalue weighted by molar-refractivity contribution is 0.0905. The highest BCUT2D eigenvalue weighted by atomic mass is 16.5. The molecule has 0 radical (unpaired) electrons. The fraction of sp³-hybridized carbons (Fsp3) is 0.419. The Labute approximate surface area is 225 Å². The van der Waals surface area contributed by atoms with Crippen molar-refractivity contribution in [2.45, 2.75) is 44.8 Å². The van der Waals surface area contributed by atoms with E-state index >= 15 is 0 Å². The highest BCUT2D eigenvalue weighted by Gasteiger charge is 2.29. The Morgan fingerprint density at radius 2 is 1.74 bits per heavy atom. The minimum absolute atomic E-state index is 0.0886. The van der Waals surface area contributed by atoms with Crippen LogP contribution in [0.5, 0.6) is 5.75 Å². The quantitative estimate of drug-likeness (QED) is 0.476. The van der Waals surface area contributed by atoms with E-state index in [1.54, 1.807) is 14.2 Å². The average Bonchev–Trinajstić information content (AvgIpc) is 2.97. The molecule has 2 aliphatic rings. The number of methoxy groups -OCH3 is 2. The minimum Gasteiger partial charge on any atom is -0.497 e. The van der Waals surface area contributed by atoms with Gasteiger partial charge >= 0.3 is 0 Å². The van der Waals surface area contributed by atoms with Gasteiger partial charge in [0.15, 0.2) is 0 Å². The number of carbonyl (C=O) groups excluding carboxylic acids is 1. The van der Waals surface area contributed by atoms with Gasteiger partial charge in [-0.15, -0.1) is 0 Å². The Bertz CT molecular complexity index is 1240. The summed E-state index contributed by atoms with van der Waals surface area (Å²) in [5.41, 5.74) is 5.39. The lowest BCUT2D eigenvalue weighted by Gasteiger charge is -2.41. The largest absolute Gasteiger partial charge is 0.497 e. The molecule has 1 amide bonds. The van der Waals surface area contributed by atoms with E-state index in [-0.39, 0.29) is 11.9 Å². The Balaban J connectivity index is 1.35. The third kappa shape index (κ3) is 5.84. The summed E-state index contributed by atoms with van der Waals surface area (Å²) in [5.74, 6) is 1.44. The van der Waals surface area contributed by atoms with Crippen LogP contribution in [0.4, 0.5) is 5.82 Å². The molecule has 1 aromatic heterocycles. The predicted molar refractivity (Wildman–Crippen MR) is 151 cm³/mol. The molecular formula is C31H38N4O3. The standard InChI is InChI=1S/C31H38N4O3/c1-22(21-37-2)32-31(36)28-12-13-29(24-8-10-27(38-3)11-9-24)33-30(28)34-18-15-26(16-19-34)35-17-14-23-6-4-5-7-25(23)20-35/h4-13,22,26H,14-21H2,1-3H3,(H,32,36). The number of ether oxygens (including phenoxy) is 2. The van der Waals surface area contributed by atoms with Crippen molar-refractivity contribution in [3.05, 3.63) is 77.4 Å². The highest BCUT2D eigenvalue weighted by Crippen LogP contribution is 2.30. The normalized spacial score (nSPS) is 17.1. The molecule has 2 aromatic carbocycles. The van der Waals surface area contributed by atoms with Gasteiger partial charge in [0.1, 0.15) is 11.6 Å². The smallest absolute Gasteiger partial charge is 0.255 e. The van der Waals surface area contributed by atoms with E-state index < -0.39 is 0 Å². The van der Waals surface area contributed by atoms with Crippen molar-refractivity contribution in [2.75, 3.05) is 45.4 Å². The molecule has 1 unspecified atom stereocenters. The number of nitrogens with zero attached hydrogens (tertiary/aromatic N) is 3. The maximum atomic E-state index is 13.3. The molecule has 7 heteroatoms. The third-order valence-electron chi connectivity index (χ3n) is 7.74. The molecule has 200 valence electrons. The molecule has 0 saturated carbocycles. The molecule has 1 saturated heterocycles. The van der Waals surface area contributed by atoms with Crippen molar-refractivity contribution in [3.63, 3.8) is 0 Å². The van der Waals surface area contributed by atoms with Crippen LogP contribution in [0.3, 0.4) is 0 Å². The van der Waals surface area contributed by atoms with E-state index in [1.165, 1.54) is 11.1 Å². The van der Waals surface area contributed by atoms with Gasteiger partial charge in [0, 0.05) is 50.9 Å². The van der Waals surface area contributed by atoms with Crippen molar-refractivity contribution in [1.29, 1.82) is 0 Å². The molecule has 1 atom stereocenters. The lowest BCUT2D eigenvalue weighted by Crippen LogP contribution is -2.47. The van der Waals surface area contributed by atoms with Crippen LogP contribution in [0.2, 0.25) is 0 Å². The zero-order valence-corrected chi connectivity index (χ0v) is 22.7. The molecule has 0 bridgehead atoms. The van der Waals surface area contributed by atoms with Crippen LogP contribution in [-0.4, -0.2) is 68.3 Å². The SMILES string of the molecule is COCC(C)NC(=O)c1ccc(-c2ccc(OC)cc2)nc1N1CCC(N2CCc3ccccc3C2)CC1. The van der Waals surface area contributed by atoms with Gasteiger partial charge in [0.25, 0.3) is 5.91 Å². The number of anilines is 1. The number of nitrogens with one attached hydrogen (secondary N) is 1. The van der Waals surface area contributed by atoms with Crippen molar-refractivity contribution in [3.8, 4) is 17.0 Å². The van der Waals surface area contributed by atoms with Gasteiger partial charge in [-0.05, 0) is 73.7 Å². The van der Waals surface area contributed by atoms with Crippen LogP contribution < -0.4 is 15.0 Å². The van der Waals surface area contributed by atoms with E-state index in [9.17, 15) is 4.79 Å². The monoisotopic (exact) mass is 514 g/mol. The average molecular weight is 515 g/mol. The maximum Gasteiger partial charge on any atom is 0.255 e. The van der Waals surface area contributed by atoms with Crippen molar-refractivity contribution < 1.29 is 14.3 Å². The van der Waals surface area contributed by atoms with Crippen LogP contribution in [0.15, 0.2) is 60.7 Å². The second-order valence-corrected chi connectivity index (χ2v) is 10.3. The van der Waals surface area contributed by atoms with Gasteiger partial charge in [-0.25, -0.2) is 4.98 Å². The molecule has 5 rings (SSSR count). The Morgan fingerprint density at radius 3 is 2.45 bits per heavy atom. The van der Waals surface area contributed by atoms with Gasteiger partial charge in [0.2, 0.25) is 0 Å². The summed E-state index contributed by atoms with van der Waals surface area (Å²) >= 11 is 0. The molecule has 2 aliphatic heterocycles. The second-order valence-electron chi connectivity index (χ2n) is 10.3. The first-order valence-electron chi connectivity index (χ1n) is 13.6. The summed E-state index contributed by atoms with van der Waals surface area (Å²) in [6.07, 6.45) is 3.22. The van der Waals surface area contributed by atoms with Crippen molar-refractivity contribution >= 4 is 11.7 Å². The summed E-state index contributed by atoms with van der Waals surface area (Å²) in [5, 5.41) is 3.07. The summed E-state index contributed by atoms with van der Waals surface area (Å²) in [7, 11) is 3.31. The summed E-state index contributed by atoms with van der Waals surface area (Å²) in [6.45, 7) is 6.28. The number of fused-ring (bicyclic) bond motifs is 1. The molecule has 1 fully saturated rings. The summed E-state index contributed by atoms with van der Waals surface area (Å²) < 4.78 is 10.5. The molecule has 38 heavy (non-hydrogen) atoms. The topological polar surface area (TPSA) is 66.9 Å². The first kappa shape index (κ1) is 26.2. The summed E-state index contributed by atoms with van der Waals surface area (Å²) in [4.78, 5) is 23.3. The zero-order valence-electron chi connectivity index (χ0n) is 22.7. The summed E-state index contributed by atoms with van der Waals surface area (Å²) in [6, 6.07) is 21.0. The zero-order chi connectivity index (χ0) is 26.5. The van der Waals surface area contributed by atoms with Crippen LogP contribution in [0.25, 0.3) is 11.3 Å². The van der Waals surface area contributed by atoms with Gasteiger partial charge < -0.3 is 19.7 Å². The van der Waals surface area contributed by atoms with Crippen LogP contribution in [0.1, 0.15) is 41.3 Å². The molecular weight excluding hydrogens is 476 g/mol. The number of amides is 1. The first-order valence-corrected chi connectivity index (χ1v) is 13.6. The van der Waals surface area contributed by atoms with Gasteiger partial charge in [-0.1, -0.05) is 24.3 Å². The minimum atomic E-state index is -0.118. The number of hydrogen-bond acceptors (Lipinski definition) is 6. The number of carbonyl (C=O) groups is 1. The number of benzene rings is 2. The van der Waals surface area contributed by atoms with Crippen LogP contribution in [-0.2, 0) is 17.7 Å². The van der Waals surface area contributed by atoms with Crippen LogP contribution >= 0.6 is 0 Å². The van der Waals surface area contributed by atoms with E-state index in [4.69, 9.17) is 14.5 Å². The van der Waals surface area contributed by atoms with Gasteiger partial charge in [-0.2, -0.15) is 0 Å². The van der Waals surface area contributed by atoms with E-state index in [2.05, 4.69) is 39.4 Å². The Hall–Kier alpha value is -3.42. The van der Waals surface area contributed by atoms with E-state index in [0.717, 1.165) is 68.3 Å². The molecule has 7 nitrogen and oxygen atoms in total. The maximum absolute atomic E-state index is 13.3. The number of aromatic nitrogens is 1. The van der Waals surface area contributed by atoms with Crippen LogP contribution in [0, 0.1) is 0 Å². The third-order valence-corrected chi connectivity index (χ3v) is 7.74. The fourth-order valence-corrected chi connectivity index (χ4v) is 5.65. The van der Waals surface area contributed by atoms with Gasteiger partial charge in [0.05, 0.1) is 25.0 Å². The molecule has 3 heterocycles. The number of rotatable bonds is 8. The predicted octanol–water partition coefficient (Wildman–Crippen LogP) is 4.55. The second kappa shape index (κ2) is 12.0. The number of pyridine rings is 1. The van der Waals surface area contributed by atoms with E-state index in [0.29, 0.717) is 18.2 Å². The number of piperidine rings is 1. The Kier molecular flexibility index (Phi) is 8.25. The first-order chi connectivity index (χ1) is 18.6. The molecule has 1 N–H and O–H groups in total. The fourth-order valence-electron chi connectivity index (χ4n) is 5.65.